The molecule has 0 aliphatic carbocycles. The van der Waals surface area contributed by atoms with Crippen molar-refractivity contribution in [3.05, 3.63) is 23.8 Å². The van der Waals surface area contributed by atoms with E-state index in [2.05, 4.69) is 0 Å². The molecule has 0 N–H and O–H groups in total. The van der Waals surface area contributed by atoms with Crippen molar-refractivity contribution in [2.24, 2.45) is 0 Å². The predicted molar refractivity (Wildman–Crippen MR) is 75.9 cm³/mol. The molecule has 1 rings (SSSR count). The number of ether oxygens (including phenoxy) is 1. The molecule has 0 aliphatic rings. The molecule has 0 saturated carbocycles. The number of hydrogen-bond donors (Lipinski definition) is 0. The monoisotopic (exact) mass is 301 g/mol. The Morgan fingerprint density at radius 2 is 1.84 bits per heavy atom. The molecule has 0 bridgehead atoms. The first-order valence-corrected chi connectivity index (χ1v) is 8.31. The summed E-state index contributed by atoms with van der Waals surface area (Å²) in [5.74, 6) is 0.833. The summed E-state index contributed by atoms with van der Waals surface area (Å²) in [5.41, 5.74) is 0.477. The van der Waals surface area contributed by atoms with Gasteiger partial charge in [0, 0.05) is 17.9 Å². The third kappa shape index (κ3) is 4.48. The molecule has 0 saturated heterocycles. The van der Waals surface area contributed by atoms with Gasteiger partial charge in [0.1, 0.15) is 0 Å². The third-order valence-electron chi connectivity index (χ3n) is 2.08. The zero-order valence-electron chi connectivity index (χ0n) is 11.1. The Balaban J connectivity index is 3.03. The molecule has 0 radical (unpaired) electrons. The van der Waals surface area contributed by atoms with Gasteiger partial charge in [-0.1, -0.05) is 0 Å². The van der Waals surface area contributed by atoms with Crippen molar-refractivity contribution >= 4 is 18.5 Å². The highest BCUT2D eigenvalue weighted by atomic mass is 32.5. The predicted octanol–water partition coefficient (Wildman–Crippen LogP) is 3.24. The lowest BCUT2D eigenvalue weighted by Crippen LogP contribution is -2.03. The number of hydrogen-bond acceptors (Lipinski definition) is 6. The van der Waals surface area contributed by atoms with Crippen molar-refractivity contribution in [3.8, 4) is 17.6 Å². The van der Waals surface area contributed by atoms with Gasteiger partial charge in [0.15, 0.2) is 11.5 Å². The second-order valence-corrected chi connectivity index (χ2v) is 6.29. The minimum atomic E-state index is -2.83. The van der Waals surface area contributed by atoms with E-state index >= 15 is 0 Å². The summed E-state index contributed by atoms with van der Waals surface area (Å²) >= 11 is 5.27. The minimum Gasteiger partial charge on any atom is -0.493 e. The van der Waals surface area contributed by atoms with Crippen molar-refractivity contribution in [2.45, 2.75) is 13.8 Å². The van der Waals surface area contributed by atoms with Gasteiger partial charge in [-0.2, -0.15) is 5.26 Å². The van der Waals surface area contributed by atoms with Crippen LogP contribution in [0, 0.1) is 11.3 Å². The van der Waals surface area contributed by atoms with Crippen LogP contribution in [-0.4, -0.2) is 20.3 Å². The standard InChI is InChI=1S/C12H16NO4PS/c1-4-15-18(19,16-5-2)17-11-7-6-10(9-13)8-12(11)14-3/h6-8H,4-5H2,1-3H3. The molecule has 0 unspecified atom stereocenters. The zero-order valence-corrected chi connectivity index (χ0v) is 12.8. The summed E-state index contributed by atoms with van der Waals surface area (Å²) in [4.78, 5) is 0. The fraction of sp³-hybridized carbons (Fsp3) is 0.417. The second-order valence-electron chi connectivity index (χ2n) is 3.35. The molecule has 19 heavy (non-hydrogen) atoms. The van der Waals surface area contributed by atoms with Gasteiger partial charge in [-0.25, -0.2) is 0 Å². The fourth-order valence-corrected chi connectivity index (χ4v) is 3.42. The van der Waals surface area contributed by atoms with E-state index in [9.17, 15) is 0 Å². The van der Waals surface area contributed by atoms with Gasteiger partial charge in [-0.05, 0) is 26.0 Å². The minimum absolute atomic E-state index is 0.399. The molecule has 0 aromatic heterocycles. The number of rotatable bonds is 7. The Labute approximate surface area is 118 Å². The highest BCUT2D eigenvalue weighted by Gasteiger charge is 2.23. The van der Waals surface area contributed by atoms with E-state index in [1.807, 2.05) is 19.9 Å². The lowest BCUT2D eigenvalue weighted by molar-refractivity contribution is 0.215. The van der Waals surface area contributed by atoms with E-state index in [-0.39, 0.29) is 0 Å². The van der Waals surface area contributed by atoms with Crippen LogP contribution in [0.3, 0.4) is 0 Å². The largest absolute Gasteiger partial charge is 0.493 e. The fourth-order valence-electron chi connectivity index (χ4n) is 1.34. The van der Waals surface area contributed by atoms with Crippen molar-refractivity contribution < 1.29 is 18.3 Å². The SMILES string of the molecule is CCOP(=S)(OCC)Oc1ccc(C#N)cc1OC. The quantitative estimate of drug-likeness (QED) is 0.720. The van der Waals surface area contributed by atoms with Crippen molar-refractivity contribution in [1.82, 2.24) is 0 Å². The Morgan fingerprint density at radius 1 is 1.21 bits per heavy atom. The second kappa shape index (κ2) is 7.46. The smallest absolute Gasteiger partial charge is 0.380 e. The number of nitriles is 1. The van der Waals surface area contributed by atoms with E-state index in [4.69, 9.17) is 35.4 Å². The van der Waals surface area contributed by atoms with Crippen molar-refractivity contribution in [2.75, 3.05) is 20.3 Å². The van der Waals surface area contributed by atoms with Crippen LogP contribution in [0.25, 0.3) is 0 Å². The molecule has 0 amide bonds. The van der Waals surface area contributed by atoms with Gasteiger partial charge >= 0.3 is 6.72 Å². The number of methoxy groups -OCH3 is 1. The molecule has 1 aromatic rings. The average Bonchev–Trinajstić information content (AvgIpc) is 2.39. The van der Waals surface area contributed by atoms with Crippen molar-refractivity contribution in [1.29, 1.82) is 5.26 Å². The topological polar surface area (TPSA) is 60.7 Å². The summed E-state index contributed by atoms with van der Waals surface area (Å²) in [6, 6.07) is 6.85. The molecular formula is C12H16NO4PS. The van der Waals surface area contributed by atoms with Crippen LogP contribution >= 0.6 is 6.72 Å². The Kier molecular flexibility index (Phi) is 6.26. The Morgan fingerprint density at radius 3 is 2.32 bits per heavy atom. The van der Waals surface area contributed by atoms with Crippen molar-refractivity contribution in [3.63, 3.8) is 0 Å². The molecule has 1 aromatic carbocycles. The molecule has 0 aliphatic heterocycles. The lowest BCUT2D eigenvalue weighted by atomic mass is 10.2. The molecule has 0 spiro atoms. The van der Waals surface area contributed by atoms with E-state index in [0.717, 1.165) is 0 Å². The van der Waals surface area contributed by atoms with Gasteiger partial charge in [-0.15, -0.1) is 0 Å². The lowest BCUT2D eigenvalue weighted by Gasteiger charge is -2.22. The summed E-state index contributed by atoms with van der Waals surface area (Å²) < 4.78 is 21.6. The first-order chi connectivity index (χ1) is 9.08. The number of nitrogens with zero attached hydrogens (tertiary/aromatic N) is 1. The van der Waals surface area contributed by atoms with E-state index < -0.39 is 6.72 Å². The summed E-state index contributed by atoms with van der Waals surface area (Å²) in [6.07, 6.45) is 0. The Bertz CT molecular complexity index is 505. The van der Waals surface area contributed by atoms with Crippen LogP contribution in [-0.2, 0) is 20.9 Å². The van der Waals surface area contributed by atoms with Gasteiger partial charge in [0.25, 0.3) is 0 Å². The Hall–Kier alpha value is -1.12. The van der Waals surface area contributed by atoms with Crippen LogP contribution in [0.15, 0.2) is 18.2 Å². The van der Waals surface area contributed by atoms with Gasteiger partial charge in [0.05, 0.1) is 32.0 Å². The van der Waals surface area contributed by atoms with E-state index in [0.29, 0.717) is 30.3 Å². The van der Waals surface area contributed by atoms with Crippen LogP contribution < -0.4 is 9.26 Å². The van der Waals surface area contributed by atoms with Crippen LogP contribution in [0.5, 0.6) is 11.5 Å². The van der Waals surface area contributed by atoms with Crippen LogP contribution in [0.2, 0.25) is 0 Å². The first-order valence-electron chi connectivity index (χ1n) is 5.75. The summed E-state index contributed by atoms with van der Waals surface area (Å²) in [6.45, 7) is 1.60. The van der Waals surface area contributed by atoms with E-state index in [1.165, 1.54) is 7.11 Å². The molecule has 5 nitrogen and oxygen atoms in total. The zero-order chi connectivity index (χ0) is 14.3. The van der Waals surface area contributed by atoms with Crippen LogP contribution in [0.1, 0.15) is 19.4 Å². The van der Waals surface area contributed by atoms with Gasteiger partial charge in [0.2, 0.25) is 0 Å². The maximum Gasteiger partial charge on any atom is 0.380 e. The highest BCUT2D eigenvalue weighted by molar-refractivity contribution is 8.07. The normalized spacial score (nSPS) is 10.8. The third-order valence-corrected chi connectivity index (χ3v) is 4.50. The summed E-state index contributed by atoms with van der Waals surface area (Å²) in [7, 11) is 1.49. The molecule has 7 heteroatoms. The molecular weight excluding hydrogens is 285 g/mol. The van der Waals surface area contributed by atoms with Gasteiger partial charge < -0.3 is 9.26 Å². The molecule has 104 valence electrons. The van der Waals surface area contributed by atoms with Gasteiger partial charge in [-0.3, -0.25) is 9.05 Å². The number of benzene rings is 1. The average molecular weight is 301 g/mol. The first kappa shape index (κ1) is 15.9. The van der Waals surface area contributed by atoms with Crippen LogP contribution in [0.4, 0.5) is 0 Å². The molecule has 0 heterocycles. The maximum atomic E-state index is 8.84. The summed E-state index contributed by atoms with van der Waals surface area (Å²) in [5, 5.41) is 8.84. The molecule has 0 atom stereocenters. The highest BCUT2D eigenvalue weighted by Crippen LogP contribution is 2.51. The van der Waals surface area contributed by atoms with E-state index in [1.54, 1.807) is 18.2 Å². The molecule has 0 fully saturated rings. The maximum absolute atomic E-state index is 8.84.